The predicted octanol–water partition coefficient (Wildman–Crippen LogP) is 4.03. The number of anilines is 1. The Bertz CT molecular complexity index is 756. The van der Waals surface area contributed by atoms with E-state index in [-0.39, 0.29) is 12.1 Å². The Hall–Kier alpha value is -2.65. The fraction of sp³-hybridized carbons (Fsp3) is 0.450. The van der Waals surface area contributed by atoms with Crippen LogP contribution in [0.15, 0.2) is 30.5 Å². The summed E-state index contributed by atoms with van der Waals surface area (Å²) in [6, 6.07) is 9.85. The zero-order valence-corrected chi connectivity index (χ0v) is 15.8. The summed E-state index contributed by atoms with van der Waals surface area (Å²) in [6.45, 7) is 6.75. The van der Waals surface area contributed by atoms with Crippen molar-refractivity contribution in [2.45, 2.75) is 45.8 Å². The van der Waals surface area contributed by atoms with E-state index in [0.29, 0.717) is 23.9 Å². The van der Waals surface area contributed by atoms with Gasteiger partial charge in [-0.1, -0.05) is 6.92 Å². The molecule has 2 aromatic rings. The third-order valence-corrected chi connectivity index (χ3v) is 3.86. The molecule has 0 aliphatic heterocycles. The topological polar surface area (TPSA) is 80.1 Å². The number of nitriles is 1. The van der Waals surface area contributed by atoms with Gasteiger partial charge in [0.05, 0.1) is 11.3 Å². The van der Waals surface area contributed by atoms with Crippen LogP contribution in [0.4, 0.5) is 5.95 Å². The van der Waals surface area contributed by atoms with Gasteiger partial charge in [0.25, 0.3) is 0 Å². The lowest BCUT2D eigenvalue weighted by atomic mass is 10.1. The molecule has 6 heteroatoms. The lowest BCUT2D eigenvalue weighted by Gasteiger charge is -2.18. The zero-order chi connectivity index (χ0) is 18.9. The molecule has 6 nitrogen and oxygen atoms in total. The molecule has 1 aromatic heterocycles. The summed E-state index contributed by atoms with van der Waals surface area (Å²) >= 11 is 0. The molecule has 0 fully saturated rings. The summed E-state index contributed by atoms with van der Waals surface area (Å²) in [5, 5.41) is 12.7. The molecule has 2 rings (SSSR count). The van der Waals surface area contributed by atoms with E-state index in [9.17, 15) is 5.26 Å². The summed E-state index contributed by atoms with van der Waals surface area (Å²) in [6.07, 6.45) is 3.37. The van der Waals surface area contributed by atoms with Crippen LogP contribution in [0.1, 0.15) is 39.2 Å². The number of methoxy groups -OCH3 is 1. The van der Waals surface area contributed by atoms with Gasteiger partial charge in [-0.3, -0.25) is 0 Å². The Labute approximate surface area is 155 Å². The van der Waals surface area contributed by atoms with E-state index in [1.165, 1.54) is 0 Å². The molecular weight excluding hydrogens is 328 g/mol. The first-order chi connectivity index (χ1) is 12.6. The molecule has 1 aromatic carbocycles. The SMILES string of the molecule is CCC(CCOC)Oc1ccc(-c2ccnc(NC(C)C)n2)cc1C#N. The van der Waals surface area contributed by atoms with E-state index < -0.39 is 0 Å². The molecule has 0 spiro atoms. The van der Waals surface area contributed by atoms with E-state index in [4.69, 9.17) is 9.47 Å². The molecule has 0 saturated heterocycles. The van der Waals surface area contributed by atoms with Crippen molar-refractivity contribution in [3.8, 4) is 23.1 Å². The molecule has 0 aliphatic carbocycles. The number of nitrogens with zero attached hydrogens (tertiary/aromatic N) is 3. The van der Waals surface area contributed by atoms with Crippen LogP contribution in [0.5, 0.6) is 5.75 Å². The molecule has 0 aliphatic rings. The van der Waals surface area contributed by atoms with Gasteiger partial charge >= 0.3 is 0 Å². The standard InChI is InChI=1S/C20H26N4O2/c1-5-17(9-11-25-4)26-19-7-6-15(12-16(19)13-21)18-8-10-22-20(24-18)23-14(2)3/h6-8,10,12,14,17H,5,9,11H2,1-4H3,(H,22,23,24). The lowest BCUT2D eigenvalue weighted by molar-refractivity contribution is 0.123. The van der Waals surface area contributed by atoms with Gasteiger partial charge in [0.2, 0.25) is 5.95 Å². The molecule has 1 unspecified atom stereocenters. The average molecular weight is 354 g/mol. The van der Waals surface area contributed by atoms with Crippen LogP contribution in [-0.4, -0.2) is 35.8 Å². The van der Waals surface area contributed by atoms with Crippen LogP contribution < -0.4 is 10.1 Å². The molecule has 1 atom stereocenters. The molecule has 0 bridgehead atoms. The number of nitrogens with one attached hydrogen (secondary N) is 1. The van der Waals surface area contributed by atoms with Crippen molar-refractivity contribution < 1.29 is 9.47 Å². The quantitative estimate of drug-likeness (QED) is 0.732. The molecule has 0 amide bonds. The van der Waals surface area contributed by atoms with Gasteiger partial charge in [0.1, 0.15) is 17.9 Å². The van der Waals surface area contributed by atoms with Gasteiger partial charge in [0, 0.05) is 37.9 Å². The number of rotatable bonds is 9. The smallest absolute Gasteiger partial charge is 0.223 e. The zero-order valence-electron chi connectivity index (χ0n) is 15.8. The third kappa shape index (κ3) is 5.43. The Morgan fingerprint density at radius 2 is 2.08 bits per heavy atom. The van der Waals surface area contributed by atoms with Crippen LogP contribution in [0.25, 0.3) is 11.3 Å². The van der Waals surface area contributed by atoms with Gasteiger partial charge in [0.15, 0.2) is 0 Å². The minimum Gasteiger partial charge on any atom is -0.489 e. The van der Waals surface area contributed by atoms with Crippen molar-refractivity contribution in [3.05, 3.63) is 36.0 Å². The largest absolute Gasteiger partial charge is 0.489 e. The van der Waals surface area contributed by atoms with Gasteiger partial charge in [-0.05, 0) is 44.5 Å². The van der Waals surface area contributed by atoms with Crippen LogP contribution in [0, 0.1) is 11.3 Å². The Morgan fingerprint density at radius 1 is 1.27 bits per heavy atom. The summed E-state index contributed by atoms with van der Waals surface area (Å²) in [4.78, 5) is 8.74. The fourth-order valence-corrected chi connectivity index (χ4v) is 2.50. The van der Waals surface area contributed by atoms with Crippen molar-refractivity contribution in [1.82, 2.24) is 9.97 Å². The highest BCUT2D eigenvalue weighted by Crippen LogP contribution is 2.27. The maximum atomic E-state index is 9.53. The maximum absolute atomic E-state index is 9.53. The van der Waals surface area contributed by atoms with Gasteiger partial charge in [-0.15, -0.1) is 0 Å². The highest BCUT2D eigenvalue weighted by molar-refractivity contribution is 5.64. The second kappa shape index (κ2) is 9.73. The molecular formula is C20H26N4O2. The monoisotopic (exact) mass is 354 g/mol. The number of aromatic nitrogens is 2. The Morgan fingerprint density at radius 3 is 2.73 bits per heavy atom. The Balaban J connectivity index is 2.24. The normalized spacial score (nSPS) is 11.8. The molecule has 1 N–H and O–H groups in total. The summed E-state index contributed by atoms with van der Waals surface area (Å²) in [5.41, 5.74) is 2.11. The first-order valence-electron chi connectivity index (χ1n) is 8.87. The number of benzene rings is 1. The molecule has 138 valence electrons. The third-order valence-electron chi connectivity index (χ3n) is 3.86. The van der Waals surface area contributed by atoms with Crippen molar-refractivity contribution >= 4 is 5.95 Å². The van der Waals surface area contributed by atoms with Gasteiger partial charge in [-0.25, -0.2) is 9.97 Å². The van der Waals surface area contributed by atoms with Crippen molar-refractivity contribution in [2.24, 2.45) is 0 Å². The van der Waals surface area contributed by atoms with E-state index in [1.807, 2.05) is 32.0 Å². The van der Waals surface area contributed by atoms with E-state index in [1.54, 1.807) is 19.4 Å². The predicted molar refractivity (Wildman–Crippen MR) is 102 cm³/mol. The van der Waals surface area contributed by atoms with Gasteiger partial charge in [-0.2, -0.15) is 5.26 Å². The number of hydrogen-bond acceptors (Lipinski definition) is 6. The fourth-order valence-electron chi connectivity index (χ4n) is 2.50. The van der Waals surface area contributed by atoms with Crippen LogP contribution in [-0.2, 0) is 4.74 Å². The minimum atomic E-state index is 0.0220. The van der Waals surface area contributed by atoms with Gasteiger partial charge < -0.3 is 14.8 Å². The summed E-state index contributed by atoms with van der Waals surface area (Å²) < 4.78 is 11.1. The first-order valence-corrected chi connectivity index (χ1v) is 8.87. The molecule has 0 radical (unpaired) electrons. The maximum Gasteiger partial charge on any atom is 0.223 e. The van der Waals surface area contributed by atoms with Crippen LogP contribution >= 0.6 is 0 Å². The van der Waals surface area contributed by atoms with E-state index >= 15 is 0 Å². The number of hydrogen-bond donors (Lipinski definition) is 1. The van der Waals surface area contributed by atoms with Crippen molar-refractivity contribution in [2.75, 3.05) is 19.0 Å². The lowest BCUT2D eigenvalue weighted by Crippen LogP contribution is -2.18. The highest BCUT2D eigenvalue weighted by Gasteiger charge is 2.13. The molecule has 1 heterocycles. The summed E-state index contributed by atoms with van der Waals surface area (Å²) in [7, 11) is 1.67. The highest BCUT2D eigenvalue weighted by atomic mass is 16.5. The second-order valence-corrected chi connectivity index (χ2v) is 6.32. The second-order valence-electron chi connectivity index (χ2n) is 6.32. The average Bonchev–Trinajstić information content (AvgIpc) is 2.64. The molecule has 26 heavy (non-hydrogen) atoms. The van der Waals surface area contributed by atoms with Crippen molar-refractivity contribution in [1.29, 1.82) is 5.26 Å². The van der Waals surface area contributed by atoms with Crippen molar-refractivity contribution in [3.63, 3.8) is 0 Å². The van der Waals surface area contributed by atoms with Crippen LogP contribution in [0.3, 0.4) is 0 Å². The van der Waals surface area contributed by atoms with Crippen LogP contribution in [0.2, 0.25) is 0 Å². The first kappa shape index (κ1) is 19.7. The van der Waals surface area contributed by atoms with E-state index in [0.717, 1.165) is 24.1 Å². The van der Waals surface area contributed by atoms with E-state index in [2.05, 4.69) is 28.3 Å². The summed E-state index contributed by atoms with van der Waals surface area (Å²) in [5.74, 6) is 1.16. The Kier molecular flexibility index (Phi) is 7.37. The minimum absolute atomic E-state index is 0.0220. The number of ether oxygens (including phenoxy) is 2. The molecule has 0 saturated carbocycles.